The zero-order chi connectivity index (χ0) is 15.5. The van der Waals surface area contributed by atoms with Crippen molar-refractivity contribution in [3.05, 3.63) is 15.6 Å². The second-order valence-electron chi connectivity index (χ2n) is 7.28. The van der Waals surface area contributed by atoms with Gasteiger partial charge in [0.1, 0.15) is 10.6 Å². The second-order valence-corrected chi connectivity index (χ2v) is 8.36. The average Bonchev–Trinajstić information content (AvgIpc) is 2.81. The van der Waals surface area contributed by atoms with Crippen molar-refractivity contribution >= 4 is 11.3 Å². The molecule has 0 aliphatic carbocycles. The van der Waals surface area contributed by atoms with Gasteiger partial charge in [-0.25, -0.2) is 4.98 Å². The third kappa shape index (κ3) is 4.51. The number of nitrogens with zero attached hydrogens (tertiary/aromatic N) is 1. The van der Waals surface area contributed by atoms with Gasteiger partial charge in [0.25, 0.3) is 0 Å². The van der Waals surface area contributed by atoms with E-state index in [0.717, 1.165) is 32.4 Å². The van der Waals surface area contributed by atoms with Crippen molar-refractivity contribution in [3.8, 4) is 0 Å². The minimum absolute atomic E-state index is 0.138. The van der Waals surface area contributed by atoms with E-state index in [9.17, 15) is 0 Å². The van der Waals surface area contributed by atoms with E-state index < -0.39 is 0 Å². The number of hydrogen-bond acceptors (Lipinski definition) is 4. The smallest absolute Gasteiger partial charge is 0.125 e. The molecule has 0 amide bonds. The Hall–Kier alpha value is -0.450. The first kappa shape index (κ1) is 16.9. The van der Waals surface area contributed by atoms with Crippen molar-refractivity contribution in [2.75, 3.05) is 6.61 Å². The van der Waals surface area contributed by atoms with Crippen molar-refractivity contribution in [1.29, 1.82) is 0 Å². The molecule has 4 heteroatoms. The molecule has 0 aromatic carbocycles. The van der Waals surface area contributed by atoms with Gasteiger partial charge in [0.2, 0.25) is 0 Å². The summed E-state index contributed by atoms with van der Waals surface area (Å²) in [7, 11) is 0. The van der Waals surface area contributed by atoms with Gasteiger partial charge in [0.05, 0.1) is 5.69 Å². The Balaban J connectivity index is 2.19. The van der Waals surface area contributed by atoms with E-state index in [1.165, 1.54) is 28.4 Å². The number of aromatic nitrogens is 1. The van der Waals surface area contributed by atoms with Crippen LogP contribution in [-0.2, 0) is 23.3 Å². The molecule has 120 valence electrons. The Morgan fingerprint density at radius 2 is 2.10 bits per heavy atom. The van der Waals surface area contributed by atoms with Gasteiger partial charge in [0, 0.05) is 23.6 Å². The summed E-state index contributed by atoms with van der Waals surface area (Å²) >= 11 is 1.85. The van der Waals surface area contributed by atoms with Crippen LogP contribution < -0.4 is 5.32 Å². The molecule has 2 heterocycles. The van der Waals surface area contributed by atoms with Gasteiger partial charge in [-0.05, 0) is 53.4 Å². The highest BCUT2D eigenvalue weighted by Crippen LogP contribution is 2.38. The first-order valence-corrected chi connectivity index (χ1v) is 9.04. The summed E-state index contributed by atoms with van der Waals surface area (Å²) in [5, 5.41) is 4.77. The molecule has 2 rings (SSSR count). The van der Waals surface area contributed by atoms with E-state index in [-0.39, 0.29) is 11.1 Å². The standard InChI is InChI=1S/C17H30N2OS/c1-6-9-13-14(12-18-16(2,3)4)21-15(19-13)17(5)10-7-8-11-20-17/h18H,6-12H2,1-5H3. The van der Waals surface area contributed by atoms with Gasteiger partial charge in [-0.2, -0.15) is 0 Å². The lowest BCUT2D eigenvalue weighted by Gasteiger charge is -2.31. The molecular weight excluding hydrogens is 280 g/mol. The summed E-state index contributed by atoms with van der Waals surface area (Å²) in [5.41, 5.74) is 1.24. The fourth-order valence-corrected chi connectivity index (χ4v) is 3.80. The molecule has 1 fully saturated rings. The van der Waals surface area contributed by atoms with Crippen LogP contribution in [0, 0.1) is 0 Å². The number of nitrogens with one attached hydrogen (secondary N) is 1. The van der Waals surface area contributed by atoms with Crippen LogP contribution in [0.15, 0.2) is 0 Å². The predicted octanol–water partition coefficient (Wildman–Crippen LogP) is 4.40. The van der Waals surface area contributed by atoms with Crippen LogP contribution in [0.4, 0.5) is 0 Å². The van der Waals surface area contributed by atoms with Crippen molar-refractivity contribution in [1.82, 2.24) is 10.3 Å². The van der Waals surface area contributed by atoms with Crippen LogP contribution in [-0.4, -0.2) is 17.1 Å². The topological polar surface area (TPSA) is 34.1 Å². The van der Waals surface area contributed by atoms with Crippen molar-refractivity contribution in [2.45, 2.75) is 84.4 Å². The fourth-order valence-electron chi connectivity index (χ4n) is 2.63. The maximum atomic E-state index is 6.07. The number of ether oxygens (including phenoxy) is 1. The third-order valence-electron chi connectivity index (χ3n) is 3.97. The zero-order valence-electron chi connectivity index (χ0n) is 14.2. The normalized spacial score (nSPS) is 23.5. The molecule has 1 aromatic rings. The van der Waals surface area contributed by atoms with Crippen molar-refractivity contribution in [2.24, 2.45) is 0 Å². The van der Waals surface area contributed by atoms with E-state index in [0.29, 0.717) is 0 Å². The average molecular weight is 311 g/mol. The van der Waals surface area contributed by atoms with Crippen molar-refractivity contribution < 1.29 is 4.74 Å². The zero-order valence-corrected chi connectivity index (χ0v) is 15.0. The molecule has 1 N–H and O–H groups in total. The molecule has 0 bridgehead atoms. The van der Waals surface area contributed by atoms with Crippen LogP contribution >= 0.6 is 11.3 Å². The summed E-state index contributed by atoms with van der Waals surface area (Å²) in [6, 6.07) is 0. The molecule has 1 saturated heterocycles. The number of aryl methyl sites for hydroxylation is 1. The monoisotopic (exact) mass is 310 g/mol. The highest BCUT2D eigenvalue weighted by Gasteiger charge is 2.34. The molecule has 21 heavy (non-hydrogen) atoms. The maximum absolute atomic E-state index is 6.07. The first-order valence-electron chi connectivity index (χ1n) is 8.22. The van der Waals surface area contributed by atoms with Gasteiger partial charge in [0.15, 0.2) is 0 Å². The molecule has 0 radical (unpaired) electrons. The summed E-state index contributed by atoms with van der Waals surface area (Å²) in [5.74, 6) is 0. The van der Waals surface area contributed by atoms with E-state index >= 15 is 0 Å². The third-order valence-corrected chi connectivity index (χ3v) is 5.31. The fraction of sp³-hybridized carbons (Fsp3) is 0.824. The minimum atomic E-state index is -0.161. The van der Waals surface area contributed by atoms with Gasteiger partial charge >= 0.3 is 0 Å². The number of hydrogen-bond donors (Lipinski definition) is 1. The molecule has 1 aliphatic heterocycles. The van der Waals surface area contributed by atoms with Gasteiger partial charge in [-0.1, -0.05) is 13.3 Å². The highest BCUT2D eigenvalue weighted by molar-refractivity contribution is 7.11. The van der Waals surface area contributed by atoms with E-state index in [4.69, 9.17) is 9.72 Å². The van der Waals surface area contributed by atoms with E-state index in [1.807, 2.05) is 11.3 Å². The predicted molar refractivity (Wildman–Crippen MR) is 89.9 cm³/mol. The second kappa shape index (κ2) is 6.76. The Bertz CT molecular complexity index is 456. The lowest BCUT2D eigenvalue weighted by atomic mass is 9.97. The number of rotatable bonds is 5. The molecule has 0 saturated carbocycles. The summed E-state index contributed by atoms with van der Waals surface area (Å²) in [4.78, 5) is 6.34. The first-order chi connectivity index (χ1) is 9.84. The highest BCUT2D eigenvalue weighted by atomic mass is 32.1. The van der Waals surface area contributed by atoms with Gasteiger partial charge in [-0.15, -0.1) is 11.3 Å². The summed E-state index contributed by atoms with van der Waals surface area (Å²) in [6.07, 6.45) is 5.73. The van der Waals surface area contributed by atoms with Crippen LogP contribution in [0.2, 0.25) is 0 Å². The molecule has 1 unspecified atom stereocenters. The van der Waals surface area contributed by atoms with Crippen LogP contribution in [0.5, 0.6) is 0 Å². The summed E-state index contributed by atoms with van der Waals surface area (Å²) < 4.78 is 6.07. The molecular formula is C17H30N2OS. The van der Waals surface area contributed by atoms with Gasteiger partial charge in [-0.3, -0.25) is 0 Å². The Morgan fingerprint density at radius 3 is 2.67 bits per heavy atom. The Kier molecular flexibility index (Phi) is 5.44. The van der Waals surface area contributed by atoms with E-state index in [2.05, 4.69) is 39.9 Å². The van der Waals surface area contributed by atoms with Crippen LogP contribution in [0.3, 0.4) is 0 Å². The van der Waals surface area contributed by atoms with Crippen LogP contribution in [0.25, 0.3) is 0 Å². The lowest BCUT2D eigenvalue weighted by molar-refractivity contribution is -0.0702. The Morgan fingerprint density at radius 1 is 1.33 bits per heavy atom. The quantitative estimate of drug-likeness (QED) is 0.875. The minimum Gasteiger partial charge on any atom is -0.368 e. The molecule has 1 aliphatic rings. The molecule has 3 nitrogen and oxygen atoms in total. The maximum Gasteiger partial charge on any atom is 0.125 e. The summed E-state index contributed by atoms with van der Waals surface area (Å²) in [6.45, 7) is 12.8. The Labute approximate surface area is 133 Å². The van der Waals surface area contributed by atoms with E-state index in [1.54, 1.807) is 0 Å². The van der Waals surface area contributed by atoms with Crippen molar-refractivity contribution in [3.63, 3.8) is 0 Å². The lowest BCUT2D eigenvalue weighted by Crippen LogP contribution is -2.35. The molecule has 1 aromatic heterocycles. The molecule has 1 atom stereocenters. The largest absolute Gasteiger partial charge is 0.368 e. The van der Waals surface area contributed by atoms with Gasteiger partial charge < -0.3 is 10.1 Å². The number of thiazole rings is 1. The van der Waals surface area contributed by atoms with Crippen LogP contribution in [0.1, 0.15) is 75.9 Å². The SMILES string of the molecule is CCCc1nc(C2(C)CCCCO2)sc1CNC(C)(C)C. The molecule has 0 spiro atoms.